The van der Waals surface area contributed by atoms with Crippen LogP contribution >= 0.6 is 11.3 Å². The van der Waals surface area contributed by atoms with Crippen LogP contribution in [0.3, 0.4) is 0 Å². The van der Waals surface area contributed by atoms with Gasteiger partial charge in [-0.15, -0.1) is 11.3 Å². The van der Waals surface area contributed by atoms with Gasteiger partial charge in [0.15, 0.2) is 0 Å². The van der Waals surface area contributed by atoms with E-state index in [0.717, 1.165) is 23.4 Å². The molecule has 1 heterocycles. The lowest BCUT2D eigenvalue weighted by atomic mass is 9.82. The zero-order chi connectivity index (χ0) is 19.9. The lowest BCUT2D eigenvalue weighted by Crippen LogP contribution is -2.32. The highest BCUT2D eigenvalue weighted by Crippen LogP contribution is 2.32. The maximum atomic E-state index is 12.5. The normalized spacial score (nSPS) is 19.1. The first kappa shape index (κ1) is 20.4. The fourth-order valence-electron chi connectivity index (χ4n) is 3.87. The van der Waals surface area contributed by atoms with Crippen molar-refractivity contribution in [3.8, 4) is 0 Å². The molecule has 6 heteroatoms. The molecule has 2 unspecified atom stereocenters. The van der Waals surface area contributed by atoms with Crippen molar-refractivity contribution < 1.29 is 14.3 Å². The number of ether oxygens (including phenoxy) is 1. The number of nitrogens with one attached hydrogen (secondary N) is 2. The summed E-state index contributed by atoms with van der Waals surface area (Å²) in [7, 11) is 1.36. The summed E-state index contributed by atoms with van der Waals surface area (Å²) in [5, 5.41) is 8.58. The van der Waals surface area contributed by atoms with Crippen LogP contribution in [-0.4, -0.2) is 25.0 Å². The monoisotopic (exact) mass is 400 g/mol. The molecule has 0 bridgehead atoms. The molecule has 1 fully saturated rings. The van der Waals surface area contributed by atoms with Crippen molar-refractivity contribution in [3.63, 3.8) is 0 Å². The Morgan fingerprint density at radius 3 is 2.71 bits per heavy atom. The van der Waals surface area contributed by atoms with Crippen LogP contribution in [0.5, 0.6) is 0 Å². The number of benzene rings is 1. The third-order valence-corrected chi connectivity index (χ3v) is 6.28. The van der Waals surface area contributed by atoms with E-state index in [9.17, 15) is 9.59 Å². The first-order valence-corrected chi connectivity index (χ1v) is 10.8. The van der Waals surface area contributed by atoms with E-state index in [-0.39, 0.29) is 5.91 Å². The van der Waals surface area contributed by atoms with Crippen LogP contribution in [0.15, 0.2) is 35.7 Å². The Hall–Kier alpha value is -2.34. The van der Waals surface area contributed by atoms with E-state index in [4.69, 9.17) is 4.74 Å². The summed E-state index contributed by atoms with van der Waals surface area (Å²) >= 11 is 1.56. The van der Waals surface area contributed by atoms with Gasteiger partial charge in [-0.2, -0.15) is 0 Å². The number of hydrogen-bond acceptors (Lipinski definition) is 5. The van der Waals surface area contributed by atoms with Gasteiger partial charge in [-0.25, -0.2) is 4.79 Å². The molecule has 3 rings (SSSR count). The third kappa shape index (κ3) is 5.13. The zero-order valence-corrected chi connectivity index (χ0v) is 17.3. The second-order valence-corrected chi connectivity index (χ2v) is 8.29. The number of esters is 1. The molecule has 1 aliphatic rings. The van der Waals surface area contributed by atoms with Crippen molar-refractivity contribution in [3.05, 3.63) is 46.2 Å². The number of carbonyl (C=O) groups excluding carboxylic acids is 2. The predicted octanol–water partition coefficient (Wildman–Crippen LogP) is 5.10. The van der Waals surface area contributed by atoms with Crippen molar-refractivity contribution in [2.45, 2.75) is 51.5 Å². The van der Waals surface area contributed by atoms with E-state index in [0.29, 0.717) is 29.6 Å². The van der Waals surface area contributed by atoms with Gasteiger partial charge in [0.2, 0.25) is 5.91 Å². The minimum absolute atomic E-state index is 0.0943. The minimum Gasteiger partial charge on any atom is -0.465 e. The second kappa shape index (κ2) is 9.73. The molecule has 2 aromatic rings. The van der Waals surface area contributed by atoms with Gasteiger partial charge in [-0.05, 0) is 48.4 Å². The van der Waals surface area contributed by atoms with Crippen molar-refractivity contribution in [1.29, 1.82) is 0 Å². The number of carbonyl (C=O) groups is 2. The summed E-state index contributed by atoms with van der Waals surface area (Å²) in [6.07, 6.45) is 6.31. The second-order valence-electron chi connectivity index (χ2n) is 7.26. The summed E-state index contributed by atoms with van der Waals surface area (Å²) in [5.41, 5.74) is 1.91. The highest BCUT2D eigenvalue weighted by atomic mass is 32.1. The van der Waals surface area contributed by atoms with Crippen molar-refractivity contribution in [2.75, 3.05) is 17.7 Å². The van der Waals surface area contributed by atoms with E-state index in [1.54, 1.807) is 23.5 Å². The van der Waals surface area contributed by atoms with Crippen LogP contribution in [-0.2, 0) is 16.0 Å². The van der Waals surface area contributed by atoms with Crippen LogP contribution in [0.2, 0.25) is 0 Å². The molecule has 28 heavy (non-hydrogen) atoms. The molecule has 1 aliphatic carbocycles. The maximum absolute atomic E-state index is 12.5. The minimum atomic E-state index is -0.413. The largest absolute Gasteiger partial charge is 0.465 e. The number of hydrogen-bond donors (Lipinski definition) is 2. The van der Waals surface area contributed by atoms with Gasteiger partial charge in [0, 0.05) is 10.9 Å². The number of thiophene rings is 1. The first-order valence-electron chi connectivity index (χ1n) is 9.91. The lowest BCUT2D eigenvalue weighted by Gasteiger charge is -2.33. The maximum Gasteiger partial charge on any atom is 0.337 e. The van der Waals surface area contributed by atoms with Crippen molar-refractivity contribution in [2.24, 2.45) is 5.92 Å². The lowest BCUT2D eigenvalue weighted by molar-refractivity contribution is -0.115. The number of amides is 1. The third-order valence-electron chi connectivity index (χ3n) is 5.40. The van der Waals surface area contributed by atoms with Gasteiger partial charge in [-0.3, -0.25) is 4.79 Å². The van der Waals surface area contributed by atoms with Crippen LogP contribution < -0.4 is 10.6 Å². The van der Waals surface area contributed by atoms with E-state index in [2.05, 4.69) is 17.6 Å². The molecule has 0 radical (unpaired) electrons. The number of anilines is 2. The number of rotatable bonds is 7. The Morgan fingerprint density at radius 1 is 1.18 bits per heavy atom. The summed E-state index contributed by atoms with van der Waals surface area (Å²) in [6.45, 7) is 2.23. The highest BCUT2D eigenvalue weighted by Gasteiger charge is 2.24. The van der Waals surface area contributed by atoms with E-state index >= 15 is 0 Å². The molecule has 0 spiro atoms. The SMILES string of the molecule is CCC1CCCCC1Nc1ccc(C(=O)OC)cc1NC(=O)Cc1cccs1. The average Bonchev–Trinajstić information content (AvgIpc) is 3.21. The van der Waals surface area contributed by atoms with E-state index in [1.807, 2.05) is 23.6 Å². The fraction of sp³-hybridized carbons (Fsp3) is 0.455. The molecule has 2 atom stereocenters. The molecule has 2 N–H and O–H groups in total. The smallest absolute Gasteiger partial charge is 0.337 e. The summed E-state index contributed by atoms with van der Waals surface area (Å²) in [5.74, 6) is 0.122. The molecule has 150 valence electrons. The van der Waals surface area contributed by atoms with Crippen LogP contribution in [0.25, 0.3) is 0 Å². The van der Waals surface area contributed by atoms with E-state index < -0.39 is 5.97 Å². The Morgan fingerprint density at radius 2 is 2.00 bits per heavy atom. The topological polar surface area (TPSA) is 67.4 Å². The molecular formula is C22H28N2O3S. The standard InChI is InChI=1S/C22H28N2O3S/c1-3-15-7-4-5-9-18(15)23-19-11-10-16(22(26)27-2)13-20(19)24-21(25)14-17-8-6-12-28-17/h6,8,10-13,15,18,23H,3-5,7,9,14H2,1-2H3,(H,24,25). The Labute approximate surface area is 170 Å². The van der Waals surface area contributed by atoms with Crippen molar-refractivity contribution >= 4 is 34.6 Å². The summed E-state index contributed by atoms with van der Waals surface area (Å²) in [4.78, 5) is 25.5. The fourth-order valence-corrected chi connectivity index (χ4v) is 4.57. The Bertz CT molecular complexity index is 804. The summed E-state index contributed by atoms with van der Waals surface area (Å²) in [6, 6.07) is 9.58. The van der Waals surface area contributed by atoms with Crippen LogP contribution in [0.1, 0.15) is 54.3 Å². The molecule has 5 nitrogen and oxygen atoms in total. The molecule has 1 aromatic carbocycles. The molecule has 1 amide bonds. The molecule has 0 saturated heterocycles. The highest BCUT2D eigenvalue weighted by molar-refractivity contribution is 7.10. The molecule has 1 saturated carbocycles. The van der Waals surface area contributed by atoms with Crippen LogP contribution in [0.4, 0.5) is 11.4 Å². The first-order chi connectivity index (χ1) is 13.6. The van der Waals surface area contributed by atoms with Gasteiger partial charge in [0.1, 0.15) is 0 Å². The van der Waals surface area contributed by atoms with Crippen molar-refractivity contribution in [1.82, 2.24) is 0 Å². The van der Waals surface area contributed by atoms with Gasteiger partial charge in [0.05, 0.1) is 30.5 Å². The van der Waals surface area contributed by atoms with Gasteiger partial charge >= 0.3 is 5.97 Å². The van der Waals surface area contributed by atoms with E-state index in [1.165, 1.54) is 26.4 Å². The molecule has 1 aromatic heterocycles. The Balaban J connectivity index is 1.81. The number of methoxy groups -OCH3 is 1. The summed E-state index contributed by atoms with van der Waals surface area (Å²) < 4.78 is 4.84. The molecular weight excluding hydrogens is 372 g/mol. The van der Waals surface area contributed by atoms with Crippen LogP contribution in [0, 0.1) is 5.92 Å². The van der Waals surface area contributed by atoms with Gasteiger partial charge in [-0.1, -0.05) is 32.3 Å². The van der Waals surface area contributed by atoms with Gasteiger partial charge < -0.3 is 15.4 Å². The average molecular weight is 401 g/mol. The predicted molar refractivity (Wildman–Crippen MR) is 114 cm³/mol. The molecule has 0 aliphatic heterocycles. The van der Waals surface area contributed by atoms with Gasteiger partial charge in [0.25, 0.3) is 0 Å². The Kier molecular flexibility index (Phi) is 7.09. The quantitative estimate of drug-likeness (QED) is 0.635. The zero-order valence-electron chi connectivity index (χ0n) is 16.5.